The maximum absolute atomic E-state index is 12.3. The number of amides is 2. The van der Waals surface area contributed by atoms with Crippen LogP contribution in [0.3, 0.4) is 0 Å². The maximum atomic E-state index is 12.3. The Morgan fingerprint density at radius 3 is 2.56 bits per heavy atom. The van der Waals surface area contributed by atoms with Crippen molar-refractivity contribution in [1.29, 1.82) is 0 Å². The van der Waals surface area contributed by atoms with Crippen LogP contribution in [0, 0.1) is 0 Å². The molecule has 2 amide bonds. The Hall–Kier alpha value is -2.88. The Kier molecular flexibility index (Phi) is 6.94. The van der Waals surface area contributed by atoms with Crippen LogP contribution in [-0.2, 0) is 11.8 Å². The van der Waals surface area contributed by atoms with Gasteiger partial charge < -0.3 is 14.0 Å². The van der Waals surface area contributed by atoms with E-state index in [-0.39, 0.29) is 11.5 Å². The SMILES string of the molecule is COc1cc(/C=C/C(=O)NNC(=O)c2cc(Br)cn2C)ccc1OC(F)F. The minimum Gasteiger partial charge on any atom is -0.493 e. The number of nitrogens with one attached hydrogen (secondary N) is 2. The molecule has 0 aliphatic rings. The highest BCUT2D eigenvalue weighted by Crippen LogP contribution is 2.29. The molecule has 0 unspecified atom stereocenters. The molecule has 2 aromatic rings. The number of methoxy groups -OCH3 is 1. The van der Waals surface area contributed by atoms with Crippen LogP contribution in [0.2, 0.25) is 0 Å². The summed E-state index contributed by atoms with van der Waals surface area (Å²) in [5, 5.41) is 0. The van der Waals surface area contributed by atoms with Crippen molar-refractivity contribution in [2.24, 2.45) is 7.05 Å². The molecule has 0 saturated heterocycles. The van der Waals surface area contributed by atoms with Gasteiger partial charge in [0.2, 0.25) is 0 Å². The number of hydrogen-bond donors (Lipinski definition) is 2. The lowest BCUT2D eigenvalue weighted by Gasteiger charge is -2.10. The normalized spacial score (nSPS) is 10.9. The van der Waals surface area contributed by atoms with Gasteiger partial charge in [0, 0.05) is 23.8 Å². The number of carbonyl (C=O) groups is 2. The van der Waals surface area contributed by atoms with E-state index in [2.05, 4.69) is 31.5 Å². The zero-order chi connectivity index (χ0) is 20.0. The summed E-state index contributed by atoms with van der Waals surface area (Å²) in [6.07, 6.45) is 4.30. The lowest BCUT2D eigenvalue weighted by molar-refractivity contribution is -0.117. The summed E-state index contributed by atoms with van der Waals surface area (Å²) in [5.74, 6) is -1.08. The Bertz CT molecular complexity index is 868. The lowest BCUT2D eigenvalue weighted by atomic mass is 10.2. The molecule has 27 heavy (non-hydrogen) atoms. The van der Waals surface area contributed by atoms with E-state index >= 15 is 0 Å². The number of carbonyl (C=O) groups excluding carboxylic acids is 2. The first-order valence-electron chi connectivity index (χ1n) is 7.53. The first kappa shape index (κ1) is 20.4. The molecule has 0 fully saturated rings. The fraction of sp³-hybridized carbons (Fsp3) is 0.176. The largest absolute Gasteiger partial charge is 0.493 e. The Labute approximate surface area is 162 Å². The Morgan fingerprint density at radius 2 is 1.96 bits per heavy atom. The Balaban J connectivity index is 1.96. The number of benzene rings is 1. The summed E-state index contributed by atoms with van der Waals surface area (Å²) >= 11 is 3.25. The number of hydrogen-bond acceptors (Lipinski definition) is 4. The van der Waals surface area contributed by atoms with Crippen molar-refractivity contribution in [3.8, 4) is 11.5 Å². The fourth-order valence-corrected chi connectivity index (χ4v) is 2.65. The van der Waals surface area contributed by atoms with Crippen molar-refractivity contribution in [2.45, 2.75) is 6.61 Å². The highest BCUT2D eigenvalue weighted by atomic mass is 79.9. The third-order valence-electron chi connectivity index (χ3n) is 3.33. The second-order valence-corrected chi connectivity index (χ2v) is 6.14. The van der Waals surface area contributed by atoms with Crippen LogP contribution in [0.15, 0.2) is 41.0 Å². The van der Waals surface area contributed by atoms with Gasteiger partial charge in [-0.05, 0) is 45.8 Å². The van der Waals surface area contributed by atoms with Crippen LogP contribution in [0.5, 0.6) is 11.5 Å². The average Bonchev–Trinajstić information content (AvgIpc) is 2.96. The molecule has 10 heteroatoms. The lowest BCUT2D eigenvalue weighted by Crippen LogP contribution is -2.41. The number of aryl methyl sites for hydroxylation is 1. The van der Waals surface area contributed by atoms with Crippen molar-refractivity contribution >= 4 is 33.8 Å². The van der Waals surface area contributed by atoms with E-state index in [1.807, 2.05) is 0 Å². The van der Waals surface area contributed by atoms with E-state index in [0.717, 1.165) is 4.47 Å². The number of rotatable bonds is 6. The maximum Gasteiger partial charge on any atom is 0.387 e. The van der Waals surface area contributed by atoms with Crippen LogP contribution in [0.25, 0.3) is 6.08 Å². The standard InChI is InChI=1S/C17H16BrF2N3O4/c1-23-9-11(18)8-12(23)16(25)22-21-15(24)6-4-10-3-5-13(27-17(19)20)14(7-10)26-2/h3-9,17H,1-2H3,(H,21,24)(H,22,25)/b6-4+. The van der Waals surface area contributed by atoms with E-state index < -0.39 is 18.4 Å². The predicted octanol–water partition coefficient (Wildman–Crippen LogP) is 2.87. The van der Waals surface area contributed by atoms with Gasteiger partial charge in [-0.3, -0.25) is 20.4 Å². The molecule has 144 valence electrons. The molecule has 0 aliphatic carbocycles. The first-order chi connectivity index (χ1) is 12.8. The fourth-order valence-electron chi connectivity index (χ4n) is 2.13. The monoisotopic (exact) mass is 443 g/mol. The molecule has 0 bridgehead atoms. The predicted molar refractivity (Wildman–Crippen MR) is 97.4 cm³/mol. The Morgan fingerprint density at radius 1 is 1.22 bits per heavy atom. The molecule has 1 heterocycles. The second kappa shape index (κ2) is 9.17. The van der Waals surface area contributed by atoms with Gasteiger partial charge in [-0.15, -0.1) is 0 Å². The third kappa shape index (κ3) is 5.81. The zero-order valence-electron chi connectivity index (χ0n) is 14.3. The topological polar surface area (TPSA) is 81.6 Å². The number of aromatic nitrogens is 1. The molecule has 1 aromatic carbocycles. The molecule has 0 radical (unpaired) electrons. The minimum absolute atomic E-state index is 0.0976. The van der Waals surface area contributed by atoms with Crippen molar-refractivity contribution in [3.63, 3.8) is 0 Å². The zero-order valence-corrected chi connectivity index (χ0v) is 15.9. The average molecular weight is 444 g/mol. The number of halogens is 3. The van der Waals surface area contributed by atoms with E-state index in [0.29, 0.717) is 11.3 Å². The first-order valence-corrected chi connectivity index (χ1v) is 8.32. The van der Waals surface area contributed by atoms with Crippen LogP contribution in [0.1, 0.15) is 16.1 Å². The molecule has 0 saturated carbocycles. The highest BCUT2D eigenvalue weighted by molar-refractivity contribution is 9.10. The van der Waals surface area contributed by atoms with Gasteiger partial charge in [0.25, 0.3) is 11.8 Å². The molecule has 0 spiro atoms. The summed E-state index contributed by atoms with van der Waals surface area (Å²) in [5.41, 5.74) is 5.40. The van der Waals surface area contributed by atoms with Crippen molar-refractivity contribution < 1.29 is 27.8 Å². The van der Waals surface area contributed by atoms with Gasteiger partial charge in [-0.25, -0.2) is 0 Å². The number of alkyl halides is 2. The van der Waals surface area contributed by atoms with Crippen LogP contribution < -0.4 is 20.3 Å². The van der Waals surface area contributed by atoms with E-state index in [1.165, 1.54) is 37.5 Å². The summed E-state index contributed by atoms with van der Waals surface area (Å²) in [4.78, 5) is 23.8. The number of ether oxygens (including phenoxy) is 2. The molecular weight excluding hydrogens is 428 g/mol. The molecule has 0 aliphatic heterocycles. The quantitative estimate of drug-likeness (QED) is 0.531. The van der Waals surface area contributed by atoms with Crippen LogP contribution in [-0.4, -0.2) is 30.1 Å². The summed E-state index contributed by atoms with van der Waals surface area (Å²) in [6.45, 7) is -2.97. The molecular formula is C17H16BrF2N3O4. The molecule has 7 nitrogen and oxygen atoms in total. The van der Waals surface area contributed by atoms with Gasteiger partial charge in [-0.2, -0.15) is 8.78 Å². The van der Waals surface area contributed by atoms with Crippen molar-refractivity contribution in [2.75, 3.05) is 7.11 Å². The number of hydrazine groups is 1. The van der Waals surface area contributed by atoms with Gasteiger partial charge in [-0.1, -0.05) is 6.07 Å². The molecule has 0 atom stereocenters. The summed E-state index contributed by atoms with van der Waals surface area (Å²) in [7, 11) is 3.00. The third-order valence-corrected chi connectivity index (χ3v) is 3.77. The van der Waals surface area contributed by atoms with E-state index in [1.54, 1.807) is 23.9 Å². The van der Waals surface area contributed by atoms with Gasteiger partial charge in [0.15, 0.2) is 11.5 Å². The van der Waals surface area contributed by atoms with Crippen molar-refractivity contribution in [3.05, 3.63) is 52.3 Å². The number of nitrogens with zero attached hydrogens (tertiary/aromatic N) is 1. The van der Waals surface area contributed by atoms with Crippen molar-refractivity contribution in [1.82, 2.24) is 15.4 Å². The molecule has 1 aromatic heterocycles. The summed E-state index contributed by atoms with van der Waals surface area (Å²) in [6, 6.07) is 5.82. The molecule has 2 N–H and O–H groups in total. The smallest absolute Gasteiger partial charge is 0.387 e. The highest BCUT2D eigenvalue weighted by Gasteiger charge is 2.12. The molecule has 2 rings (SSSR count). The van der Waals surface area contributed by atoms with Gasteiger partial charge in [0.1, 0.15) is 5.69 Å². The van der Waals surface area contributed by atoms with Gasteiger partial charge in [0.05, 0.1) is 7.11 Å². The second-order valence-electron chi connectivity index (χ2n) is 5.22. The van der Waals surface area contributed by atoms with Crippen LogP contribution in [0.4, 0.5) is 8.78 Å². The summed E-state index contributed by atoms with van der Waals surface area (Å²) < 4.78 is 36.2. The van der Waals surface area contributed by atoms with E-state index in [4.69, 9.17) is 4.74 Å². The minimum atomic E-state index is -2.97. The van der Waals surface area contributed by atoms with Crippen LogP contribution >= 0.6 is 15.9 Å². The van der Waals surface area contributed by atoms with Gasteiger partial charge >= 0.3 is 6.61 Å². The van der Waals surface area contributed by atoms with E-state index in [9.17, 15) is 18.4 Å².